The van der Waals surface area contributed by atoms with Crippen LogP contribution in [0.1, 0.15) is 29.5 Å². The summed E-state index contributed by atoms with van der Waals surface area (Å²) in [5.74, 6) is 0. The van der Waals surface area contributed by atoms with Crippen LogP contribution < -0.4 is 0 Å². The van der Waals surface area contributed by atoms with E-state index in [1.54, 1.807) is 12.1 Å². The van der Waals surface area contributed by atoms with Gasteiger partial charge in [-0.3, -0.25) is 4.90 Å². The summed E-state index contributed by atoms with van der Waals surface area (Å²) in [7, 11) is -3.26. The lowest BCUT2D eigenvalue weighted by Crippen LogP contribution is -2.73. The molecule has 6 rings (SSSR count). The van der Waals surface area contributed by atoms with E-state index >= 15 is 0 Å². The lowest BCUT2D eigenvalue weighted by Gasteiger charge is -2.56. The maximum Gasteiger partial charge on any atom is 0.430 e. The van der Waals surface area contributed by atoms with Crippen LogP contribution in [0.2, 0.25) is 0 Å². The quantitative estimate of drug-likeness (QED) is 0.394. The highest BCUT2D eigenvalue weighted by Crippen LogP contribution is 2.34. The number of rotatable bonds is 8. The summed E-state index contributed by atoms with van der Waals surface area (Å²) in [5.41, 5.74) is 2.71. The van der Waals surface area contributed by atoms with Crippen LogP contribution in [0.15, 0.2) is 89.8 Å². The normalized spacial score (nSPS) is 18.9. The molecule has 3 saturated heterocycles. The van der Waals surface area contributed by atoms with Gasteiger partial charge in [-0.1, -0.05) is 72.8 Å². The van der Waals surface area contributed by atoms with Crippen molar-refractivity contribution in [3.63, 3.8) is 0 Å². The molecule has 2 amide bonds. The second kappa shape index (κ2) is 12.1. The van der Waals surface area contributed by atoms with Crippen molar-refractivity contribution in [3.8, 4) is 0 Å². The minimum atomic E-state index is -3.26. The summed E-state index contributed by atoms with van der Waals surface area (Å²) in [5, 5.41) is 2.85. The first-order chi connectivity index (χ1) is 19.3. The fraction of sp³-hybridized carbons (Fsp3) is 0.333. The van der Waals surface area contributed by atoms with E-state index in [4.69, 9.17) is 9.47 Å². The van der Waals surface area contributed by atoms with Gasteiger partial charge in [0.2, 0.25) is 0 Å². The molecule has 2 unspecified atom stereocenters. The molecule has 40 heavy (non-hydrogen) atoms. The van der Waals surface area contributed by atoms with Crippen LogP contribution in [0.5, 0.6) is 0 Å². The molecule has 3 aliphatic rings. The Morgan fingerprint density at radius 2 is 1.30 bits per heavy atom. The molecule has 3 heterocycles. The highest BCUT2D eigenvalue weighted by molar-refractivity contribution is 7.90. The Kier molecular flexibility index (Phi) is 8.37. The summed E-state index contributed by atoms with van der Waals surface area (Å²) < 4.78 is 34.9. The Morgan fingerprint density at radius 3 is 1.85 bits per heavy atom. The van der Waals surface area contributed by atoms with Gasteiger partial charge in [-0.2, -0.15) is 5.01 Å². The molecule has 0 saturated carbocycles. The SMILES string of the molecule is CS(=O)(=O)c1ccc(CCN2CC3CCC2N(C(=O)OCc2ccccc2)N3C(=O)OCc2ccccc2)cc1. The van der Waals surface area contributed by atoms with Gasteiger partial charge in [0.25, 0.3) is 0 Å². The molecule has 210 valence electrons. The van der Waals surface area contributed by atoms with E-state index in [-0.39, 0.29) is 30.3 Å². The number of nitrogens with zero attached hydrogens (tertiary/aromatic N) is 3. The summed E-state index contributed by atoms with van der Waals surface area (Å²) in [6.07, 6.45) is 1.75. The predicted molar refractivity (Wildman–Crippen MR) is 149 cm³/mol. The number of carbonyl (C=O) groups is 2. The minimum Gasteiger partial charge on any atom is -0.443 e. The van der Waals surface area contributed by atoms with E-state index in [2.05, 4.69) is 4.90 Å². The van der Waals surface area contributed by atoms with E-state index in [1.165, 1.54) is 16.3 Å². The van der Waals surface area contributed by atoms with Gasteiger partial charge in [-0.15, -0.1) is 0 Å². The van der Waals surface area contributed by atoms with E-state index in [0.29, 0.717) is 25.9 Å². The van der Waals surface area contributed by atoms with Crippen molar-refractivity contribution in [3.05, 3.63) is 102 Å². The van der Waals surface area contributed by atoms with Gasteiger partial charge in [0.05, 0.1) is 10.9 Å². The number of amides is 2. The van der Waals surface area contributed by atoms with Crippen molar-refractivity contribution in [1.82, 2.24) is 14.9 Å². The lowest BCUT2D eigenvalue weighted by molar-refractivity contribution is -0.179. The van der Waals surface area contributed by atoms with Crippen LogP contribution >= 0.6 is 0 Å². The molecule has 2 atom stereocenters. The monoisotopic (exact) mass is 563 g/mol. The minimum absolute atomic E-state index is 0.0904. The van der Waals surface area contributed by atoms with Gasteiger partial charge >= 0.3 is 12.2 Å². The van der Waals surface area contributed by atoms with Crippen LogP contribution in [0.4, 0.5) is 9.59 Å². The summed E-state index contributed by atoms with van der Waals surface area (Å²) in [6, 6.07) is 25.4. The first-order valence-corrected chi connectivity index (χ1v) is 15.2. The first kappa shape index (κ1) is 27.7. The number of piperidine rings is 1. The molecule has 10 heteroatoms. The van der Waals surface area contributed by atoms with Gasteiger partial charge in [0.15, 0.2) is 9.84 Å². The van der Waals surface area contributed by atoms with E-state index in [9.17, 15) is 18.0 Å². The molecule has 3 aromatic carbocycles. The van der Waals surface area contributed by atoms with E-state index in [0.717, 1.165) is 23.1 Å². The molecule has 3 aliphatic heterocycles. The number of carbonyl (C=O) groups excluding carboxylic acids is 2. The smallest absolute Gasteiger partial charge is 0.430 e. The molecular weight excluding hydrogens is 530 g/mol. The summed E-state index contributed by atoms with van der Waals surface area (Å²) >= 11 is 0. The molecule has 3 fully saturated rings. The number of hydrogen-bond donors (Lipinski definition) is 0. The lowest BCUT2D eigenvalue weighted by atomic mass is 9.98. The second-order valence-electron chi connectivity index (χ2n) is 10.1. The summed E-state index contributed by atoms with van der Waals surface area (Å²) in [6.45, 7) is 1.42. The highest BCUT2D eigenvalue weighted by atomic mass is 32.2. The van der Waals surface area contributed by atoms with Crippen LogP contribution in [0.25, 0.3) is 0 Å². The molecule has 0 spiro atoms. The zero-order valence-electron chi connectivity index (χ0n) is 22.4. The second-order valence-corrected chi connectivity index (χ2v) is 12.2. The van der Waals surface area contributed by atoms with E-state index in [1.807, 2.05) is 72.8 Å². The Morgan fingerprint density at radius 1 is 0.750 bits per heavy atom. The third-order valence-corrected chi connectivity index (χ3v) is 8.44. The molecule has 0 aliphatic carbocycles. The molecule has 3 aromatic rings. The topological polar surface area (TPSA) is 96.5 Å². The molecule has 0 aromatic heterocycles. The van der Waals surface area contributed by atoms with Crippen LogP contribution in [-0.4, -0.2) is 67.1 Å². The van der Waals surface area contributed by atoms with Gasteiger partial charge in [0, 0.05) is 19.3 Å². The Labute approximate surface area is 234 Å². The standard InChI is InChI=1S/C30H33N3O6S/c1-40(36,37)27-15-12-23(13-16-27)18-19-31-20-26-14-17-28(31)33(30(35)39-22-25-10-6-3-7-11-25)32(26)29(34)38-21-24-8-4-2-5-9-24/h2-13,15-16,26,28H,14,17-22H2,1H3. The zero-order chi connectivity index (χ0) is 28.1. The fourth-order valence-corrected chi connectivity index (χ4v) is 5.87. The zero-order valence-corrected chi connectivity index (χ0v) is 23.2. The van der Waals surface area contributed by atoms with Crippen LogP contribution in [0, 0.1) is 0 Å². The van der Waals surface area contributed by atoms with Crippen molar-refractivity contribution in [2.45, 2.75) is 49.6 Å². The van der Waals surface area contributed by atoms with Crippen molar-refractivity contribution < 1.29 is 27.5 Å². The van der Waals surface area contributed by atoms with Crippen molar-refractivity contribution >= 4 is 22.0 Å². The molecule has 9 nitrogen and oxygen atoms in total. The Bertz CT molecular complexity index is 1420. The van der Waals surface area contributed by atoms with Crippen molar-refractivity contribution in [2.24, 2.45) is 0 Å². The van der Waals surface area contributed by atoms with Crippen LogP contribution in [0.3, 0.4) is 0 Å². The number of fused-ring (bicyclic) bond motifs is 3. The van der Waals surface area contributed by atoms with Crippen molar-refractivity contribution in [2.75, 3.05) is 19.3 Å². The number of sulfone groups is 1. The largest absolute Gasteiger partial charge is 0.443 e. The average Bonchev–Trinajstić information content (AvgIpc) is 2.98. The van der Waals surface area contributed by atoms with Gasteiger partial charge in [-0.05, 0) is 48.1 Å². The van der Waals surface area contributed by atoms with Gasteiger partial charge < -0.3 is 9.47 Å². The predicted octanol–water partition coefficient (Wildman–Crippen LogP) is 4.63. The highest BCUT2D eigenvalue weighted by Gasteiger charge is 2.50. The molecule has 0 N–H and O–H groups in total. The molecular formula is C30H33N3O6S. The number of hydrazine groups is 1. The van der Waals surface area contributed by atoms with Gasteiger partial charge in [-0.25, -0.2) is 23.0 Å². The van der Waals surface area contributed by atoms with E-state index < -0.39 is 22.0 Å². The maximum absolute atomic E-state index is 13.5. The number of hydrogen-bond acceptors (Lipinski definition) is 7. The average molecular weight is 564 g/mol. The third kappa shape index (κ3) is 6.46. The first-order valence-electron chi connectivity index (χ1n) is 13.3. The van der Waals surface area contributed by atoms with Crippen LogP contribution in [-0.2, 0) is 38.9 Å². The third-order valence-electron chi connectivity index (χ3n) is 7.31. The van der Waals surface area contributed by atoms with Gasteiger partial charge in [0.1, 0.15) is 19.4 Å². The number of ether oxygens (including phenoxy) is 2. The number of benzene rings is 3. The molecule has 2 bridgehead atoms. The fourth-order valence-electron chi connectivity index (χ4n) is 5.24. The maximum atomic E-state index is 13.5. The molecule has 0 radical (unpaired) electrons. The van der Waals surface area contributed by atoms with Crippen molar-refractivity contribution in [1.29, 1.82) is 0 Å². The Hall–Kier alpha value is -3.89. The Balaban J connectivity index is 1.30. The summed E-state index contributed by atoms with van der Waals surface area (Å²) in [4.78, 5) is 29.3.